The molecule has 0 atom stereocenters. The van der Waals surface area contributed by atoms with Gasteiger partial charge in [-0.2, -0.15) is 0 Å². The minimum Gasteiger partial charge on any atom is -0.494 e. The van der Waals surface area contributed by atoms with E-state index in [2.05, 4.69) is 10.3 Å². The van der Waals surface area contributed by atoms with Crippen LogP contribution in [0.2, 0.25) is 0 Å². The number of aliphatic imine (C=N–C) groups is 1. The van der Waals surface area contributed by atoms with Crippen molar-refractivity contribution in [2.75, 3.05) is 65.2 Å². The van der Waals surface area contributed by atoms with Gasteiger partial charge in [0.1, 0.15) is 28.9 Å². The molecule has 1 saturated heterocycles. The van der Waals surface area contributed by atoms with Crippen molar-refractivity contribution in [1.29, 1.82) is 0 Å². The second kappa shape index (κ2) is 15.3. The molecule has 0 radical (unpaired) electrons. The van der Waals surface area contributed by atoms with E-state index in [1.165, 1.54) is 29.0 Å². The standard InChI is InChI=1S/C31H41F2N7O4/c1-8-9-10-27-23(20-39(31(41)38(27)6)19-22-11-12-24(32)15-25(22)33)18-34-21(2)35-26-16-29(40(42)43)28(17-30(26)44-7)37(5)14-13-36(3)4/h10-12,15-18H,8-9,13-14,19-20H2,1-7H3,(H,34,35)/b23-18-,27-10-. The summed E-state index contributed by atoms with van der Waals surface area (Å²) in [5.41, 5.74) is 2.30. The predicted octanol–water partition coefficient (Wildman–Crippen LogP) is 5.85. The number of ether oxygens (including phenoxy) is 1. The quantitative estimate of drug-likeness (QED) is 0.139. The zero-order valence-electron chi connectivity index (χ0n) is 26.4. The maximum atomic E-state index is 14.4. The van der Waals surface area contributed by atoms with Crippen molar-refractivity contribution < 1.29 is 23.2 Å². The first-order valence-electron chi connectivity index (χ1n) is 14.3. The van der Waals surface area contributed by atoms with Crippen molar-refractivity contribution in [3.63, 3.8) is 0 Å². The summed E-state index contributed by atoms with van der Waals surface area (Å²) in [6.07, 6.45) is 5.17. The lowest BCUT2D eigenvalue weighted by atomic mass is 10.1. The van der Waals surface area contributed by atoms with E-state index in [4.69, 9.17) is 4.74 Å². The Morgan fingerprint density at radius 2 is 1.93 bits per heavy atom. The number of nitro benzene ring substituents is 1. The average molecular weight is 614 g/mol. The molecule has 13 heteroatoms. The van der Waals surface area contributed by atoms with Crippen LogP contribution in [0.3, 0.4) is 0 Å². The largest absolute Gasteiger partial charge is 0.494 e. The smallest absolute Gasteiger partial charge is 0.324 e. The van der Waals surface area contributed by atoms with E-state index in [1.807, 2.05) is 36.9 Å². The van der Waals surface area contributed by atoms with Gasteiger partial charge in [0.2, 0.25) is 0 Å². The minimum absolute atomic E-state index is 0.0508. The van der Waals surface area contributed by atoms with Crippen LogP contribution in [-0.2, 0) is 6.54 Å². The average Bonchev–Trinajstić information content (AvgIpc) is 2.97. The van der Waals surface area contributed by atoms with Crippen LogP contribution in [0.25, 0.3) is 0 Å². The topological polar surface area (TPSA) is 107 Å². The normalized spacial score (nSPS) is 15.9. The second-order valence-electron chi connectivity index (χ2n) is 10.8. The van der Waals surface area contributed by atoms with Crippen LogP contribution in [0.15, 0.2) is 58.9 Å². The van der Waals surface area contributed by atoms with E-state index in [-0.39, 0.29) is 30.4 Å². The van der Waals surface area contributed by atoms with Crippen molar-refractivity contribution in [2.24, 2.45) is 4.99 Å². The van der Waals surface area contributed by atoms with Gasteiger partial charge >= 0.3 is 6.03 Å². The monoisotopic (exact) mass is 613 g/mol. The van der Waals surface area contributed by atoms with Crippen LogP contribution in [0.1, 0.15) is 32.3 Å². The summed E-state index contributed by atoms with van der Waals surface area (Å²) >= 11 is 0. The Kier molecular flexibility index (Phi) is 11.8. The predicted molar refractivity (Wildman–Crippen MR) is 169 cm³/mol. The van der Waals surface area contributed by atoms with Crippen molar-refractivity contribution in [3.05, 3.63) is 81.2 Å². The van der Waals surface area contributed by atoms with Crippen LogP contribution >= 0.6 is 0 Å². The molecule has 0 saturated carbocycles. The number of nitrogens with one attached hydrogen (secondary N) is 1. The Bertz CT molecular complexity index is 1460. The number of unbranched alkanes of at least 4 members (excludes halogenated alkanes) is 1. The summed E-state index contributed by atoms with van der Waals surface area (Å²) in [5, 5.41) is 15.1. The fourth-order valence-corrected chi connectivity index (χ4v) is 4.67. The molecule has 1 aliphatic rings. The molecular formula is C31H41F2N7O4. The number of amidine groups is 1. The van der Waals surface area contributed by atoms with Crippen molar-refractivity contribution in [2.45, 2.75) is 33.2 Å². The third-order valence-electron chi connectivity index (χ3n) is 7.13. The summed E-state index contributed by atoms with van der Waals surface area (Å²) in [6.45, 7) is 5.12. The van der Waals surface area contributed by atoms with E-state index >= 15 is 0 Å². The molecule has 1 fully saturated rings. The second-order valence-corrected chi connectivity index (χ2v) is 10.8. The number of amides is 2. The minimum atomic E-state index is -0.727. The number of likely N-dealkylation sites (N-methyl/N-ethyl adjacent to an activating group) is 3. The molecule has 0 unspecified atom stereocenters. The number of halogens is 2. The molecule has 3 rings (SSSR count). The van der Waals surface area contributed by atoms with Crippen LogP contribution in [-0.4, -0.2) is 86.4 Å². The molecule has 238 valence electrons. The van der Waals surface area contributed by atoms with Gasteiger partial charge in [-0.3, -0.25) is 15.0 Å². The van der Waals surface area contributed by atoms with Crippen molar-refractivity contribution >= 4 is 28.9 Å². The number of hydrogen-bond acceptors (Lipinski definition) is 7. The Balaban J connectivity index is 1.93. The fraction of sp³-hybridized carbons (Fsp3) is 0.419. The van der Waals surface area contributed by atoms with Gasteiger partial charge in [0, 0.05) is 68.4 Å². The number of nitrogens with zero attached hydrogens (tertiary/aromatic N) is 6. The number of carbonyl (C=O) groups excluding carboxylic acids is 1. The summed E-state index contributed by atoms with van der Waals surface area (Å²) in [5.74, 6) is -0.592. The first-order chi connectivity index (χ1) is 20.9. The van der Waals surface area contributed by atoms with Gasteiger partial charge in [-0.05, 0) is 33.5 Å². The van der Waals surface area contributed by atoms with E-state index in [0.29, 0.717) is 47.3 Å². The van der Waals surface area contributed by atoms with Crippen LogP contribution in [0.4, 0.5) is 30.6 Å². The molecule has 1 heterocycles. The van der Waals surface area contributed by atoms with Gasteiger partial charge in [0.15, 0.2) is 0 Å². The molecule has 1 N–H and O–H groups in total. The summed E-state index contributed by atoms with van der Waals surface area (Å²) in [6, 6.07) is 6.01. The van der Waals surface area contributed by atoms with Crippen LogP contribution < -0.4 is 15.0 Å². The number of nitro groups is 1. The number of methoxy groups -OCH3 is 1. The molecule has 11 nitrogen and oxygen atoms in total. The summed E-state index contributed by atoms with van der Waals surface area (Å²) in [4.78, 5) is 36.0. The molecule has 0 bridgehead atoms. The maximum absolute atomic E-state index is 14.4. The first kappa shape index (κ1) is 34.0. The number of anilines is 2. The number of hydrogen-bond donors (Lipinski definition) is 1. The molecule has 2 amide bonds. The molecule has 0 aliphatic carbocycles. The maximum Gasteiger partial charge on any atom is 0.324 e. The van der Waals surface area contributed by atoms with Gasteiger partial charge in [0.05, 0.1) is 30.8 Å². The number of rotatable bonds is 12. The highest BCUT2D eigenvalue weighted by Crippen LogP contribution is 2.38. The third-order valence-corrected chi connectivity index (χ3v) is 7.13. The number of carbonyl (C=O) groups is 1. The highest BCUT2D eigenvalue weighted by molar-refractivity contribution is 5.96. The molecule has 2 aromatic rings. The highest BCUT2D eigenvalue weighted by atomic mass is 19.1. The van der Waals surface area contributed by atoms with Crippen molar-refractivity contribution in [1.82, 2.24) is 14.7 Å². The van der Waals surface area contributed by atoms with E-state index in [0.717, 1.165) is 25.0 Å². The first-order valence-corrected chi connectivity index (χ1v) is 14.3. The Labute approximate surface area is 257 Å². The lowest BCUT2D eigenvalue weighted by Crippen LogP contribution is -2.47. The fourth-order valence-electron chi connectivity index (χ4n) is 4.67. The van der Waals surface area contributed by atoms with E-state index in [1.54, 1.807) is 33.3 Å². The zero-order valence-corrected chi connectivity index (χ0v) is 26.4. The van der Waals surface area contributed by atoms with Crippen molar-refractivity contribution in [3.8, 4) is 5.75 Å². The van der Waals surface area contributed by atoms with Crippen LogP contribution in [0, 0.1) is 21.7 Å². The van der Waals surface area contributed by atoms with E-state index < -0.39 is 16.6 Å². The lowest BCUT2D eigenvalue weighted by molar-refractivity contribution is -0.384. The zero-order chi connectivity index (χ0) is 32.6. The molecule has 0 aromatic heterocycles. The molecular weight excluding hydrogens is 572 g/mol. The van der Waals surface area contributed by atoms with E-state index in [9.17, 15) is 23.7 Å². The Morgan fingerprint density at radius 3 is 2.55 bits per heavy atom. The van der Waals surface area contributed by atoms with Gasteiger partial charge in [0.25, 0.3) is 5.69 Å². The summed E-state index contributed by atoms with van der Waals surface area (Å²) in [7, 11) is 8.79. The Morgan fingerprint density at radius 1 is 1.20 bits per heavy atom. The Hall–Kier alpha value is -4.52. The molecule has 0 spiro atoms. The molecule has 44 heavy (non-hydrogen) atoms. The number of allylic oxidation sites excluding steroid dienone is 1. The van der Waals surface area contributed by atoms with Gasteiger partial charge in [-0.25, -0.2) is 18.6 Å². The molecule has 2 aromatic carbocycles. The van der Waals surface area contributed by atoms with Crippen LogP contribution in [0.5, 0.6) is 5.75 Å². The summed E-state index contributed by atoms with van der Waals surface area (Å²) < 4.78 is 33.4. The SMILES string of the molecule is CCC/C=C1/C(=C\N=C(C)Nc2cc([N+](=O)[O-])c(N(C)CCN(C)C)cc2OC)CN(Cc2ccc(F)cc2F)C(=O)N1C. The highest BCUT2D eigenvalue weighted by Gasteiger charge is 2.30. The number of benzene rings is 2. The van der Waals surface area contributed by atoms with Gasteiger partial charge in [-0.15, -0.1) is 0 Å². The van der Waals surface area contributed by atoms with Gasteiger partial charge < -0.3 is 24.8 Å². The third kappa shape index (κ3) is 8.53. The lowest BCUT2D eigenvalue weighted by Gasteiger charge is -2.37. The number of urea groups is 1. The van der Waals surface area contributed by atoms with Gasteiger partial charge in [-0.1, -0.05) is 25.5 Å². The molecule has 1 aliphatic heterocycles.